The summed E-state index contributed by atoms with van der Waals surface area (Å²) >= 11 is 0. The van der Waals surface area contributed by atoms with Gasteiger partial charge in [-0.15, -0.1) is 6.58 Å². The maximum Gasteiger partial charge on any atom is 0.161 e. The number of hydrogen-bond acceptors (Lipinski definition) is 5. The molecule has 0 spiro atoms. The van der Waals surface area contributed by atoms with E-state index in [2.05, 4.69) is 6.58 Å². The molecule has 0 bridgehead atoms. The highest BCUT2D eigenvalue weighted by atomic mass is 16.7. The van der Waals surface area contributed by atoms with Gasteiger partial charge < -0.3 is 23.7 Å². The van der Waals surface area contributed by atoms with E-state index in [1.165, 1.54) is 0 Å². The average Bonchev–Trinajstić information content (AvgIpc) is 2.36. The van der Waals surface area contributed by atoms with Crippen molar-refractivity contribution in [1.82, 2.24) is 0 Å². The molecule has 0 aromatic heterocycles. The van der Waals surface area contributed by atoms with Crippen molar-refractivity contribution in [2.75, 3.05) is 34.5 Å². The first kappa shape index (κ1) is 14.6. The van der Waals surface area contributed by atoms with Crippen LogP contribution < -0.4 is 0 Å². The second kappa shape index (κ2) is 7.79. The topological polar surface area (TPSA) is 46.2 Å². The molecule has 0 N–H and O–H groups in total. The molecule has 5 nitrogen and oxygen atoms in total. The molecular weight excluding hydrogens is 224 g/mol. The highest BCUT2D eigenvalue weighted by molar-refractivity contribution is 4.85. The first-order valence-corrected chi connectivity index (χ1v) is 5.69. The maximum absolute atomic E-state index is 5.76. The minimum Gasteiger partial charge on any atom is -0.382 e. The maximum atomic E-state index is 5.76. The number of methoxy groups -OCH3 is 3. The van der Waals surface area contributed by atoms with E-state index in [1.807, 2.05) is 0 Å². The Morgan fingerprint density at radius 3 is 2.59 bits per heavy atom. The lowest BCUT2D eigenvalue weighted by atomic mass is 10.0. The summed E-state index contributed by atoms with van der Waals surface area (Å²) < 4.78 is 27.2. The van der Waals surface area contributed by atoms with Crippen LogP contribution in [0.2, 0.25) is 0 Å². The molecule has 0 saturated carbocycles. The van der Waals surface area contributed by atoms with Gasteiger partial charge in [0.2, 0.25) is 0 Å². The smallest absolute Gasteiger partial charge is 0.161 e. The molecule has 0 unspecified atom stereocenters. The van der Waals surface area contributed by atoms with Crippen molar-refractivity contribution in [3.63, 3.8) is 0 Å². The zero-order valence-corrected chi connectivity index (χ0v) is 10.8. The molecule has 1 heterocycles. The van der Waals surface area contributed by atoms with Gasteiger partial charge in [-0.25, -0.2) is 0 Å². The molecule has 1 rings (SSSR count). The van der Waals surface area contributed by atoms with Crippen molar-refractivity contribution in [2.45, 2.75) is 31.0 Å². The summed E-state index contributed by atoms with van der Waals surface area (Å²) in [6, 6.07) is 0. The molecule has 0 amide bonds. The summed E-state index contributed by atoms with van der Waals surface area (Å²) in [5, 5.41) is 0. The Balaban J connectivity index is 2.61. The van der Waals surface area contributed by atoms with Gasteiger partial charge >= 0.3 is 0 Å². The van der Waals surface area contributed by atoms with Gasteiger partial charge in [-0.1, -0.05) is 6.08 Å². The molecule has 100 valence electrons. The molecule has 0 radical (unpaired) electrons. The molecule has 1 aliphatic rings. The lowest BCUT2D eigenvalue weighted by Gasteiger charge is -2.39. The molecule has 1 fully saturated rings. The van der Waals surface area contributed by atoms with Crippen molar-refractivity contribution in [1.29, 1.82) is 0 Å². The van der Waals surface area contributed by atoms with E-state index in [0.29, 0.717) is 19.6 Å². The Hall–Kier alpha value is -0.460. The summed E-state index contributed by atoms with van der Waals surface area (Å²) in [5.41, 5.74) is 0. The second-order valence-corrected chi connectivity index (χ2v) is 3.89. The van der Waals surface area contributed by atoms with Gasteiger partial charge in [0.15, 0.2) is 6.29 Å². The average molecular weight is 246 g/mol. The van der Waals surface area contributed by atoms with E-state index < -0.39 is 0 Å². The van der Waals surface area contributed by atoms with E-state index in [1.54, 1.807) is 27.4 Å². The quantitative estimate of drug-likeness (QED) is 0.627. The van der Waals surface area contributed by atoms with E-state index in [9.17, 15) is 0 Å². The highest BCUT2D eigenvalue weighted by Crippen LogP contribution is 2.25. The molecule has 0 aromatic carbocycles. The Labute approximate surface area is 103 Å². The fourth-order valence-electron chi connectivity index (χ4n) is 2.01. The van der Waals surface area contributed by atoms with Crippen LogP contribution in [0, 0.1) is 0 Å². The van der Waals surface area contributed by atoms with Gasteiger partial charge in [0.1, 0.15) is 12.2 Å². The van der Waals surface area contributed by atoms with E-state index in [-0.39, 0.29) is 24.6 Å². The molecule has 1 saturated heterocycles. The standard InChI is InChI=1S/C12H22O5/c1-5-6-16-11-7-9(14-3)12(15-4)10(17-11)8-13-2/h5,9-12H,1,6-8H2,2-4H3/t9-,10-,11-,12+/m1/s1. The summed E-state index contributed by atoms with van der Waals surface area (Å²) in [5.74, 6) is 0. The van der Waals surface area contributed by atoms with Crippen LogP contribution >= 0.6 is 0 Å². The van der Waals surface area contributed by atoms with Crippen LogP contribution in [0.15, 0.2) is 12.7 Å². The molecule has 1 aliphatic heterocycles. The fraction of sp³-hybridized carbons (Fsp3) is 0.833. The van der Waals surface area contributed by atoms with Crippen LogP contribution in [-0.4, -0.2) is 59.1 Å². The highest BCUT2D eigenvalue weighted by Gasteiger charge is 2.39. The SMILES string of the molecule is C=CCO[C@H]1C[C@@H](OC)[C@H](OC)[C@@H](COC)O1. The zero-order valence-electron chi connectivity index (χ0n) is 10.8. The lowest BCUT2D eigenvalue weighted by Crippen LogP contribution is -2.52. The van der Waals surface area contributed by atoms with Crippen molar-refractivity contribution in [3.05, 3.63) is 12.7 Å². The van der Waals surface area contributed by atoms with Gasteiger partial charge in [-0.05, 0) is 0 Å². The van der Waals surface area contributed by atoms with Gasteiger partial charge in [0.25, 0.3) is 0 Å². The minimum atomic E-state index is -0.301. The second-order valence-electron chi connectivity index (χ2n) is 3.89. The van der Waals surface area contributed by atoms with Crippen LogP contribution in [-0.2, 0) is 23.7 Å². The summed E-state index contributed by atoms with van der Waals surface area (Å²) in [7, 11) is 4.94. The van der Waals surface area contributed by atoms with Gasteiger partial charge in [-0.2, -0.15) is 0 Å². The monoisotopic (exact) mass is 246 g/mol. The van der Waals surface area contributed by atoms with Crippen LogP contribution in [0.4, 0.5) is 0 Å². The predicted octanol–water partition coefficient (Wildman–Crippen LogP) is 0.980. The molecule has 4 atom stereocenters. The van der Waals surface area contributed by atoms with Crippen LogP contribution in [0.5, 0.6) is 0 Å². The third kappa shape index (κ3) is 4.04. The number of ether oxygens (including phenoxy) is 5. The molecule has 5 heteroatoms. The van der Waals surface area contributed by atoms with Crippen LogP contribution in [0.3, 0.4) is 0 Å². The van der Waals surface area contributed by atoms with Crippen molar-refractivity contribution in [2.24, 2.45) is 0 Å². The lowest BCUT2D eigenvalue weighted by molar-refractivity contribution is -0.263. The molecule has 17 heavy (non-hydrogen) atoms. The van der Waals surface area contributed by atoms with Gasteiger partial charge in [-0.3, -0.25) is 0 Å². The van der Waals surface area contributed by atoms with Gasteiger partial charge in [0.05, 0.1) is 19.3 Å². The van der Waals surface area contributed by atoms with Crippen LogP contribution in [0.25, 0.3) is 0 Å². The van der Waals surface area contributed by atoms with E-state index >= 15 is 0 Å². The Bertz CT molecular complexity index is 221. The summed E-state index contributed by atoms with van der Waals surface area (Å²) in [6.07, 6.45) is 1.66. The van der Waals surface area contributed by atoms with Crippen molar-refractivity contribution < 1.29 is 23.7 Å². The van der Waals surface area contributed by atoms with Crippen molar-refractivity contribution in [3.8, 4) is 0 Å². The number of rotatable bonds is 7. The van der Waals surface area contributed by atoms with E-state index in [4.69, 9.17) is 23.7 Å². The zero-order chi connectivity index (χ0) is 12.7. The molecular formula is C12H22O5. The summed E-state index contributed by atoms with van der Waals surface area (Å²) in [6.45, 7) is 4.52. The summed E-state index contributed by atoms with van der Waals surface area (Å²) in [4.78, 5) is 0. The third-order valence-corrected chi connectivity index (χ3v) is 2.79. The Morgan fingerprint density at radius 1 is 1.29 bits per heavy atom. The Morgan fingerprint density at radius 2 is 2.06 bits per heavy atom. The normalized spacial score (nSPS) is 33.6. The molecule has 0 aliphatic carbocycles. The van der Waals surface area contributed by atoms with E-state index in [0.717, 1.165) is 0 Å². The molecule has 0 aromatic rings. The van der Waals surface area contributed by atoms with Gasteiger partial charge in [0, 0.05) is 27.8 Å². The largest absolute Gasteiger partial charge is 0.382 e. The van der Waals surface area contributed by atoms with Crippen LogP contribution in [0.1, 0.15) is 6.42 Å². The predicted molar refractivity (Wildman–Crippen MR) is 62.9 cm³/mol. The first-order chi connectivity index (χ1) is 8.26. The third-order valence-electron chi connectivity index (χ3n) is 2.79. The fourth-order valence-corrected chi connectivity index (χ4v) is 2.01. The first-order valence-electron chi connectivity index (χ1n) is 5.69. The van der Waals surface area contributed by atoms with Crippen molar-refractivity contribution >= 4 is 0 Å². The Kier molecular flexibility index (Phi) is 6.69. The minimum absolute atomic E-state index is 0.0521. The number of hydrogen-bond donors (Lipinski definition) is 0.